The van der Waals surface area contributed by atoms with Crippen LogP contribution in [0.2, 0.25) is 0 Å². The second-order valence-electron chi connectivity index (χ2n) is 4.73. The first-order valence-electron chi connectivity index (χ1n) is 6.65. The molecule has 0 aromatic heterocycles. The van der Waals surface area contributed by atoms with Gasteiger partial charge in [0.05, 0.1) is 16.8 Å². The molecule has 2 N–H and O–H groups in total. The standard InChI is InChI=1S/C16H13NO5/c1-9-21-13-7-6-12(17-8-18)14(15(13)22-9)10-4-2-3-5-11(10)16(19)20/h2-9H,1H3,(H,17,18)(H,19,20). The predicted octanol–water partition coefficient (Wildman–Crippen LogP) is 2.74. The largest absolute Gasteiger partial charge is 0.478 e. The summed E-state index contributed by atoms with van der Waals surface area (Å²) in [4.78, 5) is 22.3. The molecular weight excluding hydrogens is 286 g/mol. The maximum atomic E-state index is 11.5. The van der Waals surface area contributed by atoms with Crippen molar-refractivity contribution in [3.63, 3.8) is 0 Å². The number of fused-ring (bicyclic) bond motifs is 1. The third kappa shape index (κ3) is 2.24. The molecule has 1 aliphatic heterocycles. The lowest BCUT2D eigenvalue weighted by Gasteiger charge is -2.14. The maximum absolute atomic E-state index is 11.5. The van der Waals surface area contributed by atoms with Crippen LogP contribution in [0.4, 0.5) is 5.69 Å². The highest BCUT2D eigenvalue weighted by atomic mass is 16.7. The summed E-state index contributed by atoms with van der Waals surface area (Å²) >= 11 is 0. The van der Waals surface area contributed by atoms with Crippen LogP contribution >= 0.6 is 0 Å². The van der Waals surface area contributed by atoms with Gasteiger partial charge in [-0.3, -0.25) is 4.79 Å². The Hall–Kier alpha value is -3.02. The van der Waals surface area contributed by atoms with Crippen molar-refractivity contribution in [1.29, 1.82) is 0 Å². The average molecular weight is 299 g/mol. The predicted molar refractivity (Wildman–Crippen MR) is 79.2 cm³/mol. The molecule has 1 heterocycles. The lowest BCUT2D eigenvalue weighted by Crippen LogP contribution is -2.11. The van der Waals surface area contributed by atoms with Gasteiger partial charge in [-0.05, 0) is 18.2 Å². The zero-order valence-electron chi connectivity index (χ0n) is 11.7. The lowest BCUT2D eigenvalue weighted by atomic mass is 9.97. The van der Waals surface area contributed by atoms with Gasteiger partial charge in [0.2, 0.25) is 12.7 Å². The summed E-state index contributed by atoms with van der Waals surface area (Å²) in [5.41, 5.74) is 1.52. The van der Waals surface area contributed by atoms with Crippen molar-refractivity contribution in [2.24, 2.45) is 0 Å². The van der Waals surface area contributed by atoms with Gasteiger partial charge in [-0.1, -0.05) is 18.2 Å². The highest BCUT2D eigenvalue weighted by Gasteiger charge is 2.28. The molecule has 1 aliphatic rings. The number of carboxylic acids is 1. The minimum absolute atomic E-state index is 0.119. The van der Waals surface area contributed by atoms with E-state index < -0.39 is 12.3 Å². The molecule has 0 spiro atoms. The van der Waals surface area contributed by atoms with E-state index in [1.54, 1.807) is 37.3 Å². The highest BCUT2D eigenvalue weighted by molar-refractivity contribution is 6.01. The van der Waals surface area contributed by atoms with E-state index >= 15 is 0 Å². The molecule has 6 nitrogen and oxygen atoms in total. The molecule has 1 amide bonds. The Morgan fingerprint density at radius 3 is 2.73 bits per heavy atom. The Morgan fingerprint density at radius 2 is 2.00 bits per heavy atom. The molecule has 0 saturated heterocycles. The minimum Gasteiger partial charge on any atom is -0.478 e. The number of amides is 1. The zero-order valence-corrected chi connectivity index (χ0v) is 11.7. The van der Waals surface area contributed by atoms with E-state index in [4.69, 9.17) is 9.47 Å². The molecule has 6 heteroatoms. The van der Waals surface area contributed by atoms with Crippen molar-refractivity contribution in [2.45, 2.75) is 13.2 Å². The zero-order chi connectivity index (χ0) is 15.7. The SMILES string of the molecule is CC1Oc2ccc(NC=O)c(-c3ccccc3C(=O)O)c2O1. The first kappa shape index (κ1) is 13.9. The molecule has 1 unspecified atom stereocenters. The van der Waals surface area contributed by atoms with Gasteiger partial charge in [-0.15, -0.1) is 0 Å². The van der Waals surface area contributed by atoms with Crippen LogP contribution in [0.3, 0.4) is 0 Å². The summed E-state index contributed by atoms with van der Waals surface area (Å²) < 4.78 is 11.2. The molecule has 1 atom stereocenters. The molecule has 2 aromatic carbocycles. The first-order valence-corrected chi connectivity index (χ1v) is 6.65. The number of ether oxygens (including phenoxy) is 2. The monoisotopic (exact) mass is 299 g/mol. The minimum atomic E-state index is -1.06. The van der Waals surface area contributed by atoms with Crippen LogP contribution in [-0.4, -0.2) is 23.8 Å². The van der Waals surface area contributed by atoms with Crippen LogP contribution < -0.4 is 14.8 Å². The second kappa shape index (κ2) is 5.40. The van der Waals surface area contributed by atoms with Crippen LogP contribution in [0.5, 0.6) is 11.5 Å². The van der Waals surface area contributed by atoms with Crippen molar-refractivity contribution in [1.82, 2.24) is 0 Å². The van der Waals surface area contributed by atoms with Gasteiger partial charge in [0.15, 0.2) is 11.5 Å². The molecule has 0 saturated carbocycles. The number of carbonyl (C=O) groups excluding carboxylic acids is 1. The molecule has 0 aliphatic carbocycles. The molecule has 0 bridgehead atoms. The number of carbonyl (C=O) groups is 2. The summed E-state index contributed by atoms with van der Waals surface area (Å²) in [5.74, 6) is -0.121. The lowest BCUT2D eigenvalue weighted by molar-refractivity contribution is -0.105. The van der Waals surface area contributed by atoms with E-state index in [-0.39, 0.29) is 5.56 Å². The van der Waals surface area contributed by atoms with Crippen molar-refractivity contribution in [3.8, 4) is 22.6 Å². The number of nitrogens with one attached hydrogen (secondary N) is 1. The summed E-state index contributed by atoms with van der Waals surface area (Å²) in [7, 11) is 0. The van der Waals surface area contributed by atoms with Crippen molar-refractivity contribution < 1.29 is 24.2 Å². The molecule has 0 fully saturated rings. The van der Waals surface area contributed by atoms with Crippen LogP contribution in [0.25, 0.3) is 11.1 Å². The van der Waals surface area contributed by atoms with Gasteiger partial charge < -0.3 is 19.9 Å². The van der Waals surface area contributed by atoms with E-state index in [9.17, 15) is 14.7 Å². The smallest absolute Gasteiger partial charge is 0.336 e. The van der Waals surface area contributed by atoms with Crippen LogP contribution in [0, 0.1) is 0 Å². The number of hydrogen-bond donors (Lipinski definition) is 2. The Balaban J connectivity index is 2.28. The Bertz CT molecular complexity index is 756. The van der Waals surface area contributed by atoms with E-state index in [1.807, 2.05) is 0 Å². The second-order valence-corrected chi connectivity index (χ2v) is 4.73. The fourth-order valence-electron chi connectivity index (χ4n) is 2.48. The fourth-order valence-corrected chi connectivity index (χ4v) is 2.48. The Kier molecular flexibility index (Phi) is 3.42. The molecular formula is C16H13NO5. The summed E-state index contributed by atoms with van der Waals surface area (Å²) in [6.07, 6.45) is 0.0608. The summed E-state index contributed by atoms with van der Waals surface area (Å²) in [6, 6.07) is 9.87. The van der Waals surface area contributed by atoms with Crippen molar-refractivity contribution >= 4 is 18.1 Å². The van der Waals surface area contributed by atoms with E-state index in [0.717, 1.165) is 0 Å². The number of anilines is 1. The third-order valence-corrected chi connectivity index (χ3v) is 3.34. The quantitative estimate of drug-likeness (QED) is 0.848. The molecule has 2 aromatic rings. The number of hydrogen-bond acceptors (Lipinski definition) is 4. The van der Waals surface area contributed by atoms with Gasteiger partial charge >= 0.3 is 5.97 Å². The van der Waals surface area contributed by atoms with Gasteiger partial charge in [-0.25, -0.2) is 4.79 Å². The van der Waals surface area contributed by atoms with E-state index in [1.165, 1.54) is 6.07 Å². The van der Waals surface area contributed by atoms with Gasteiger partial charge in [0, 0.05) is 12.5 Å². The number of rotatable bonds is 4. The number of aromatic carboxylic acids is 1. The van der Waals surface area contributed by atoms with Crippen molar-refractivity contribution in [2.75, 3.05) is 5.32 Å². The van der Waals surface area contributed by atoms with Crippen LogP contribution in [-0.2, 0) is 4.79 Å². The maximum Gasteiger partial charge on any atom is 0.336 e. The fraction of sp³-hybridized carbons (Fsp3) is 0.125. The Labute approximate surface area is 126 Å². The van der Waals surface area contributed by atoms with Gasteiger partial charge in [0.1, 0.15) is 0 Å². The number of benzene rings is 2. The topological polar surface area (TPSA) is 84.9 Å². The van der Waals surface area contributed by atoms with E-state index in [2.05, 4.69) is 5.32 Å². The summed E-state index contributed by atoms with van der Waals surface area (Å²) in [5, 5.41) is 12.0. The van der Waals surface area contributed by atoms with Crippen LogP contribution in [0.15, 0.2) is 36.4 Å². The third-order valence-electron chi connectivity index (χ3n) is 3.34. The first-order chi connectivity index (χ1) is 10.6. The molecule has 0 radical (unpaired) electrons. The van der Waals surface area contributed by atoms with Gasteiger partial charge in [0.25, 0.3) is 0 Å². The van der Waals surface area contributed by atoms with Crippen LogP contribution in [0.1, 0.15) is 17.3 Å². The Morgan fingerprint density at radius 1 is 1.23 bits per heavy atom. The normalized spacial score (nSPS) is 15.4. The van der Waals surface area contributed by atoms with Gasteiger partial charge in [-0.2, -0.15) is 0 Å². The summed E-state index contributed by atoms with van der Waals surface area (Å²) in [6.45, 7) is 1.74. The number of carboxylic acid groups (broad SMARTS) is 1. The van der Waals surface area contributed by atoms with Crippen molar-refractivity contribution in [3.05, 3.63) is 42.0 Å². The average Bonchev–Trinajstić information content (AvgIpc) is 2.87. The molecule has 112 valence electrons. The molecule has 3 rings (SSSR count). The highest BCUT2D eigenvalue weighted by Crippen LogP contribution is 2.47. The van der Waals surface area contributed by atoms with E-state index in [0.29, 0.717) is 34.7 Å². The molecule has 22 heavy (non-hydrogen) atoms.